The number of nitrogens with one attached hydrogen (secondary N) is 2. The van der Waals surface area contributed by atoms with Crippen molar-refractivity contribution in [2.75, 3.05) is 0 Å². The van der Waals surface area contributed by atoms with Crippen molar-refractivity contribution in [2.45, 2.75) is 26.2 Å². The molecule has 0 spiro atoms. The van der Waals surface area contributed by atoms with E-state index in [0.29, 0.717) is 11.1 Å². The number of carbonyl (C=O) groups is 2. The molecule has 5 rings (SSSR count). The van der Waals surface area contributed by atoms with Crippen molar-refractivity contribution in [3.8, 4) is 0 Å². The van der Waals surface area contributed by atoms with Gasteiger partial charge >= 0.3 is 0 Å². The third-order valence-corrected chi connectivity index (χ3v) is 4.91. The number of hydrogen-bond donors (Lipinski definition) is 2. The number of H-pyrrole nitrogens is 1. The summed E-state index contributed by atoms with van der Waals surface area (Å²) in [5.74, 6) is -0.542. The van der Waals surface area contributed by atoms with E-state index in [-0.39, 0.29) is 11.8 Å². The molecule has 5 nitrogen and oxygen atoms in total. The Kier molecular flexibility index (Phi) is 2.02. The van der Waals surface area contributed by atoms with Crippen LogP contribution in [0, 0.1) is 6.92 Å². The smallest absolute Gasteiger partial charge is 0.259 e. The van der Waals surface area contributed by atoms with E-state index in [1.165, 1.54) is 5.56 Å². The second-order valence-corrected chi connectivity index (χ2v) is 6.07. The molecule has 2 N–H and O–H groups in total. The maximum absolute atomic E-state index is 12.4. The quantitative estimate of drug-likeness (QED) is 0.624. The van der Waals surface area contributed by atoms with Gasteiger partial charge < -0.3 is 4.98 Å². The molecule has 1 aliphatic heterocycles. The monoisotopic (exact) mass is 291 g/mol. The van der Waals surface area contributed by atoms with Gasteiger partial charge in [0.2, 0.25) is 0 Å². The zero-order valence-electron chi connectivity index (χ0n) is 12.0. The first kappa shape index (κ1) is 11.9. The lowest BCUT2D eigenvalue weighted by atomic mass is 9.93. The number of carbonyl (C=O) groups excluding carboxylic acids is 2. The molecule has 108 valence electrons. The molecular formula is C17H13N3O2. The Hall–Kier alpha value is -2.69. The highest BCUT2D eigenvalue weighted by Crippen LogP contribution is 2.41. The maximum atomic E-state index is 12.4. The summed E-state index contributed by atoms with van der Waals surface area (Å²) in [6, 6.07) is 1.93. The average molecular weight is 291 g/mol. The molecule has 2 amide bonds. The van der Waals surface area contributed by atoms with Crippen LogP contribution in [0.4, 0.5) is 0 Å². The number of hydrogen-bond acceptors (Lipinski definition) is 3. The topological polar surface area (TPSA) is 74.8 Å². The number of benzene rings is 1. The van der Waals surface area contributed by atoms with E-state index in [1.54, 1.807) is 6.20 Å². The lowest BCUT2D eigenvalue weighted by Crippen LogP contribution is -2.20. The van der Waals surface area contributed by atoms with Crippen molar-refractivity contribution in [2.24, 2.45) is 0 Å². The van der Waals surface area contributed by atoms with Gasteiger partial charge in [-0.15, -0.1) is 0 Å². The largest absolute Gasteiger partial charge is 0.339 e. The highest BCUT2D eigenvalue weighted by atomic mass is 16.2. The predicted molar refractivity (Wildman–Crippen MR) is 82.2 cm³/mol. The van der Waals surface area contributed by atoms with Crippen molar-refractivity contribution in [1.82, 2.24) is 15.3 Å². The number of nitrogens with zero attached hydrogens (tertiary/aromatic N) is 1. The predicted octanol–water partition coefficient (Wildman–Crippen LogP) is 2.40. The Labute approximate surface area is 125 Å². The van der Waals surface area contributed by atoms with Gasteiger partial charge in [-0.3, -0.25) is 14.9 Å². The minimum atomic E-state index is -0.288. The third kappa shape index (κ3) is 1.23. The first-order valence-corrected chi connectivity index (χ1v) is 7.47. The normalized spacial score (nSPS) is 16.4. The molecule has 0 saturated heterocycles. The molecule has 5 heteroatoms. The second-order valence-electron chi connectivity index (χ2n) is 6.07. The van der Waals surface area contributed by atoms with E-state index >= 15 is 0 Å². The van der Waals surface area contributed by atoms with Gasteiger partial charge in [0.25, 0.3) is 11.8 Å². The first-order valence-electron chi connectivity index (χ1n) is 7.47. The van der Waals surface area contributed by atoms with Crippen LogP contribution in [0.2, 0.25) is 0 Å². The lowest BCUT2D eigenvalue weighted by molar-refractivity contribution is 0.0880. The van der Waals surface area contributed by atoms with Crippen LogP contribution in [0.15, 0.2) is 12.3 Å². The molecule has 0 saturated carbocycles. The number of fused-ring (bicyclic) bond motifs is 8. The molecule has 0 unspecified atom stereocenters. The fourth-order valence-corrected chi connectivity index (χ4v) is 4.03. The fourth-order valence-electron chi connectivity index (χ4n) is 4.03. The Balaban J connectivity index is 2.13. The summed E-state index contributed by atoms with van der Waals surface area (Å²) in [7, 11) is 0. The van der Waals surface area contributed by atoms with Crippen molar-refractivity contribution in [3.05, 3.63) is 40.1 Å². The van der Waals surface area contributed by atoms with Gasteiger partial charge in [0.15, 0.2) is 0 Å². The summed E-state index contributed by atoms with van der Waals surface area (Å²) < 4.78 is 0. The van der Waals surface area contributed by atoms with Crippen LogP contribution >= 0.6 is 0 Å². The van der Waals surface area contributed by atoms with Gasteiger partial charge in [-0.05, 0) is 48.9 Å². The first-order chi connectivity index (χ1) is 10.7. The SMILES string of the molecule is Cc1ccnc2[nH]c3c4c(c5c(c3c12)C(=O)NC5=O)CCC4. The van der Waals surface area contributed by atoms with Crippen LogP contribution in [-0.2, 0) is 12.8 Å². The van der Waals surface area contributed by atoms with Gasteiger partial charge in [-0.2, -0.15) is 0 Å². The number of imide groups is 1. The van der Waals surface area contributed by atoms with Crippen LogP contribution in [0.25, 0.3) is 21.9 Å². The van der Waals surface area contributed by atoms with E-state index in [4.69, 9.17) is 0 Å². The zero-order chi connectivity index (χ0) is 15.0. The molecule has 22 heavy (non-hydrogen) atoms. The minimum absolute atomic E-state index is 0.254. The summed E-state index contributed by atoms with van der Waals surface area (Å²) in [6.07, 6.45) is 4.57. The highest BCUT2D eigenvalue weighted by Gasteiger charge is 2.36. The molecule has 0 radical (unpaired) electrons. The van der Waals surface area contributed by atoms with Gasteiger partial charge in [-0.25, -0.2) is 4.98 Å². The molecule has 2 aromatic heterocycles. The molecule has 0 fully saturated rings. The second kappa shape index (κ2) is 3.74. The maximum Gasteiger partial charge on any atom is 0.259 e. The van der Waals surface area contributed by atoms with Crippen LogP contribution in [0.1, 0.15) is 43.8 Å². The summed E-state index contributed by atoms with van der Waals surface area (Å²) in [6.45, 7) is 2.01. The lowest BCUT2D eigenvalue weighted by Gasteiger charge is -2.07. The Morgan fingerprint density at radius 3 is 2.68 bits per heavy atom. The van der Waals surface area contributed by atoms with Gasteiger partial charge in [0.05, 0.1) is 16.6 Å². The standard InChI is InChI=1S/C17H13N3O2/c1-7-5-6-18-15-10(7)12-13-11(16(21)20-17(13)22)8-3-2-4-9(8)14(12)19-15/h5-6H,2-4H2,1H3,(H,18,19)(H,20,21,22). The minimum Gasteiger partial charge on any atom is -0.339 e. The molecule has 0 bridgehead atoms. The van der Waals surface area contributed by atoms with Crippen LogP contribution in [-0.4, -0.2) is 21.8 Å². The van der Waals surface area contributed by atoms with E-state index in [0.717, 1.165) is 52.3 Å². The zero-order valence-corrected chi connectivity index (χ0v) is 12.0. The fraction of sp³-hybridized carbons (Fsp3) is 0.235. The van der Waals surface area contributed by atoms with Crippen molar-refractivity contribution >= 4 is 33.8 Å². The van der Waals surface area contributed by atoms with Crippen LogP contribution < -0.4 is 5.32 Å². The summed E-state index contributed by atoms with van der Waals surface area (Å²) in [5, 5.41) is 4.28. The van der Waals surface area contributed by atoms with Gasteiger partial charge in [0.1, 0.15) is 5.65 Å². The summed E-state index contributed by atoms with van der Waals surface area (Å²) >= 11 is 0. The molecule has 1 aliphatic carbocycles. The number of aromatic amines is 1. The van der Waals surface area contributed by atoms with Crippen molar-refractivity contribution in [1.29, 1.82) is 0 Å². The van der Waals surface area contributed by atoms with Crippen molar-refractivity contribution in [3.63, 3.8) is 0 Å². The van der Waals surface area contributed by atoms with Crippen LogP contribution in [0.5, 0.6) is 0 Å². The molecule has 3 aromatic rings. The van der Waals surface area contributed by atoms with Crippen molar-refractivity contribution < 1.29 is 9.59 Å². The number of amides is 2. The van der Waals surface area contributed by atoms with Crippen LogP contribution in [0.3, 0.4) is 0 Å². The van der Waals surface area contributed by atoms with E-state index in [9.17, 15) is 9.59 Å². The molecule has 1 aromatic carbocycles. The van der Waals surface area contributed by atoms with Gasteiger partial charge in [-0.1, -0.05) is 0 Å². The number of aromatic nitrogens is 2. The summed E-state index contributed by atoms with van der Waals surface area (Å²) in [4.78, 5) is 32.4. The number of aryl methyl sites for hydroxylation is 2. The van der Waals surface area contributed by atoms with E-state index in [1.807, 2.05) is 13.0 Å². The number of rotatable bonds is 0. The Morgan fingerprint density at radius 1 is 1.05 bits per heavy atom. The molecular weight excluding hydrogens is 278 g/mol. The third-order valence-electron chi connectivity index (χ3n) is 4.91. The van der Waals surface area contributed by atoms with E-state index < -0.39 is 0 Å². The Morgan fingerprint density at radius 2 is 1.82 bits per heavy atom. The molecule has 0 atom stereocenters. The van der Waals surface area contributed by atoms with E-state index in [2.05, 4.69) is 15.3 Å². The molecule has 3 heterocycles. The Bertz CT molecular complexity index is 1030. The average Bonchev–Trinajstić information content (AvgIpc) is 3.14. The van der Waals surface area contributed by atoms with Gasteiger partial charge in [0, 0.05) is 17.0 Å². The molecule has 2 aliphatic rings. The summed E-state index contributed by atoms with van der Waals surface area (Å²) in [5.41, 5.74) is 6.16. The number of pyridine rings is 1. The highest BCUT2D eigenvalue weighted by molar-refractivity contribution is 6.31.